The number of carbonyl (C=O) groups excluding carboxylic acids is 2. The Morgan fingerprint density at radius 2 is 1.72 bits per heavy atom. The first-order valence-corrected chi connectivity index (χ1v) is 13.3. The predicted octanol–water partition coefficient (Wildman–Crippen LogP) is 4.74. The molecule has 1 aliphatic heterocycles. The maximum absolute atomic E-state index is 12.2. The van der Waals surface area contributed by atoms with E-state index >= 15 is 0 Å². The number of aromatic nitrogens is 2. The second-order valence-electron chi connectivity index (χ2n) is 9.51. The molecule has 9 nitrogen and oxygen atoms in total. The van der Waals surface area contributed by atoms with Crippen molar-refractivity contribution in [1.82, 2.24) is 14.9 Å². The highest BCUT2D eigenvalue weighted by atomic mass is 35.5. The summed E-state index contributed by atoms with van der Waals surface area (Å²) in [5, 5.41) is 12.8. The number of hydrogen-bond acceptors (Lipinski definition) is 7. The molecular formula is C28H31Cl2N3O6. The molecule has 2 aromatic carbocycles. The molecule has 11 heteroatoms. The second kappa shape index (κ2) is 12.9. The normalized spacial score (nSPS) is 21.8. The number of carbonyl (C=O) groups is 2. The predicted molar refractivity (Wildman–Crippen MR) is 145 cm³/mol. The van der Waals surface area contributed by atoms with Gasteiger partial charge in [-0.25, -0.2) is 4.98 Å². The SMILES string of the molecule is CC(=O)O[C@@H](C)C(=O)NCc1ccc([C@H]2O[C@@H](Cn3cnc(Cl)c3Cl)[C@@H](C)[C@@H](c3ccc(CO)cc3)O2)cc1. The fourth-order valence-electron chi connectivity index (χ4n) is 4.42. The molecule has 208 valence electrons. The van der Waals surface area contributed by atoms with Gasteiger partial charge in [-0.1, -0.05) is 78.7 Å². The molecule has 1 aliphatic rings. The van der Waals surface area contributed by atoms with Gasteiger partial charge in [0, 0.05) is 24.9 Å². The van der Waals surface area contributed by atoms with E-state index in [0.29, 0.717) is 11.7 Å². The highest BCUT2D eigenvalue weighted by molar-refractivity contribution is 6.40. The third kappa shape index (κ3) is 7.17. The first-order valence-electron chi connectivity index (χ1n) is 12.6. The number of aliphatic hydroxyl groups excluding tert-OH is 1. The van der Waals surface area contributed by atoms with Crippen LogP contribution in [-0.4, -0.2) is 38.7 Å². The number of amides is 1. The van der Waals surface area contributed by atoms with E-state index in [1.54, 1.807) is 10.9 Å². The molecule has 39 heavy (non-hydrogen) atoms. The number of nitrogens with one attached hydrogen (secondary N) is 1. The molecule has 0 spiro atoms. The van der Waals surface area contributed by atoms with Gasteiger partial charge in [0.2, 0.25) is 0 Å². The largest absolute Gasteiger partial charge is 0.453 e. The number of ether oxygens (including phenoxy) is 3. The van der Waals surface area contributed by atoms with Crippen molar-refractivity contribution in [1.29, 1.82) is 0 Å². The van der Waals surface area contributed by atoms with Crippen molar-refractivity contribution in [2.45, 2.75) is 65.1 Å². The van der Waals surface area contributed by atoms with Gasteiger partial charge in [-0.15, -0.1) is 0 Å². The maximum atomic E-state index is 12.2. The summed E-state index contributed by atoms with van der Waals surface area (Å²) in [6, 6.07) is 15.2. The van der Waals surface area contributed by atoms with Gasteiger partial charge in [-0.3, -0.25) is 9.59 Å². The van der Waals surface area contributed by atoms with E-state index in [2.05, 4.69) is 17.2 Å². The lowest BCUT2D eigenvalue weighted by atomic mass is 9.90. The third-order valence-corrected chi connectivity index (χ3v) is 7.43. The monoisotopic (exact) mass is 575 g/mol. The van der Waals surface area contributed by atoms with Gasteiger partial charge < -0.3 is 29.2 Å². The number of imidazole rings is 1. The van der Waals surface area contributed by atoms with Crippen LogP contribution in [-0.2, 0) is 43.5 Å². The van der Waals surface area contributed by atoms with Crippen molar-refractivity contribution in [2.75, 3.05) is 0 Å². The molecule has 4 rings (SSSR count). The molecule has 0 bridgehead atoms. The third-order valence-electron chi connectivity index (χ3n) is 6.66. The number of benzene rings is 2. The summed E-state index contributed by atoms with van der Waals surface area (Å²) >= 11 is 12.4. The summed E-state index contributed by atoms with van der Waals surface area (Å²) in [6.07, 6.45) is -0.523. The first kappa shape index (κ1) is 29.0. The van der Waals surface area contributed by atoms with Crippen molar-refractivity contribution in [3.05, 3.63) is 87.4 Å². The van der Waals surface area contributed by atoms with Crippen LogP contribution in [0.15, 0.2) is 54.9 Å². The minimum Gasteiger partial charge on any atom is -0.453 e. The van der Waals surface area contributed by atoms with Gasteiger partial charge in [0.05, 0.1) is 31.7 Å². The number of rotatable bonds is 9. The van der Waals surface area contributed by atoms with Gasteiger partial charge in [-0.05, 0) is 23.6 Å². The van der Waals surface area contributed by atoms with E-state index in [0.717, 1.165) is 22.3 Å². The van der Waals surface area contributed by atoms with Crippen LogP contribution in [0.1, 0.15) is 55.4 Å². The van der Waals surface area contributed by atoms with E-state index in [4.69, 9.17) is 37.4 Å². The lowest BCUT2D eigenvalue weighted by Crippen LogP contribution is -2.39. The van der Waals surface area contributed by atoms with Crippen molar-refractivity contribution in [2.24, 2.45) is 5.92 Å². The topological polar surface area (TPSA) is 112 Å². The zero-order chi connectivity index (χ0) is 28.1. The molecular weight excluding hydrogens is 545 g/mol. The summed E-state index contributed by atoms with van der Waals surface area (Å²) in [5.41, 5.74) is 3.45. The van der Waals surface area contributed by atoms with Gasteiger partial charge in [-0.2, -0.15) is 0 Å². The Hall–Kier alpha value is -2.95. The van der Waals surface area contributed by atoms with E-state index in [9.17, 15) is 14.7 Å². The molecule has 1 amide bonds. The first-order chi connectivity index (χ1) is 18.7. The van der Waals surface area contributed by atoms with Crippen LogP contribution in [0.25, 0.3) is 0 Å². The fraction of sp³-hybridized carbons (Fsp3) is 0.393. The van der Waals surface area contributed by atoms with Gasteiger partial charge in [0.1, 0.15) is 5.15 Å². The maximum Gasteiger partial charge on any atom is 0.303 e. The van der Waals surface area contributed by atoms with E-state index < -0.39 is 18.4 Å². The van der Waals surface area contributed by atoms with Crippen LogP contribution in [0, 0.1) is 5.92 Å². The summed E-state index contributed by atoms with van der Waals surface area (Å²) in [5.74, 6) is -0.936. The average molecular weight is 576 g/mol. The summed E-state index contributed by atoms with van der Waals surface area (Å²) < 4.78 is 19.6. The van der Waals surface area contributed by atoms with Crippen molar-refractivity contribution in [3.63, 3.8) is 0 Å². The van der Waals surface area contributed by atoms with Crippen LogP contribution in [0.5, 0.6) is 0 Å². The number of halogens is 2. The number of nitrogens with zero attached hydrogens (tertiary/aromatic N) is 2. The Morgan fingerprint density at radius 1 is 1.08 bits per heavy atom. The molecule has 1 aromatic heterocycles. The molecule has 0 unspecified atom stereocenters. The fourth-order valence-corrected chi connectivity index (χ4v) is 4.73. The highest BCUT2D eigenvalue weighted by Crippen LogP contribution is 2.42. The highest BCUT2D eigenvalue weighted by Gasteiger charge is 2.38. The van der Waals surface area contributed by atoms with E-state index in [1.807, 2.05) is 48.5 Å². The van der Waals surface area contributed by atoms with E-state index in [1.165, 1.54) is 13.8 Å². The van der Waals surface area contributed by atoms with Crippen LogP contribution >= 0.6 is 23.2 Å². The quantitative estimate of drug-likeness (QED) is 0.354. The molecule has 0 aliphatic carbocycles. The Kier molecular flexibility index (Phi) is 9.63. The smallest absolute Gasteiger partial charge is 0.303 e. The molecule has 2 heterocycles. The van der Waals surface area contributed by atoms with Crippen LogP contribution < -0.4 is 5.32 Å². The summed E-state index contributed by atoms with van der Waals surface area (Å²) in [7, 11) is 0. The second-order valence-corrected chi connectivity index (χ2v) is 10.2. The average Bonchev–Trinajstić information content (AvgIpc) is 3.25. The lowest BCUT2D eigenvalue weighted by molar-refractivity contribution is -0.276. The standard InChI is InChI=1S/C28H31Cl2N3O6/c1-16-23(13-33-15-32-25(29)26(33)30)38-28(39-24(16)21-8-6-20(14-34)7-9-21)22-10-4-19(5-11-22)12-31-27(36)17(2)37-18(3)35/h4-11,15-17,23-24,28,34H,12-14H2,1-3H3,(H,31,36)/t16-,17+,23+,24+,28+/m1/s1. The lowest BCUT2D eigenvalue weighted by Gasteiger charge is -2.41. The molecule has 5 atom stereocenters. The van der Waals surface area contributed by atoms with Gasteiger partial charge in [0.15, 0.2) is 17.5 Å². The van der Waals surface area contributed by atoms with Crippen LogP contribution in [0.3, 0.4) is 0 Å². The van der Waals surface area contributed by atoms with Gasteiger partial charge >= 0.3 is 5.97 Å². The van der Waals surface area contributed by atoms with Crippen LogP contribution in [0.4, 0.5) is 0 Å². The van der Waals surface area contributed by atoms with Crippen molar-refractivity contribution >= 4 is 35.1 Å². The van der Waals surface area contributed by atoms with Crippen LogP contribution in [0.2, 0.25) is 10.3 Å². The number of hydrogen-bond donors (Lipinski definition) is 2. The molecule has 0 saturated carbocycles. The number of aliphatic hydroxyl groups is 1. The molecule has 0 radical (unpaired) electrons. The Labute approximate surface area is 237 Å². The zero-order valence-corrected chi connectivity index (χ0v) is 23.4. The molecule has 2 N–H and O–H groups in total. The molecule has 1 fully saturated rings. The Balaban J connectivity index is 1.51. The Morgan fingerprint density at radius 3 is 2.31 bits per heavy atom. The molecule has 3 aromatic rings. The van der Waals surface area contributed by atoms with Crippen molar-refractivity contribution < 1.29 is 28.9 Å². The Bertz CT molecular complexity index is 1280. The van der Waals surface area contributed by atoms with Gasteiger partial charge in [0.25, 0.3) is 5.91 Å². The summed E-state index contributed by atoms with van der Waals surface area (Å²) in [6.45, 7) is 5.50. The summed E-state index contributed by atoms with van der Waals surface area (Å²) in [4.78, 5) is 27.3. The number of esters is 1. The minimum atomic E-state index is -0.869. The zero-order valence-electron chi connectivity index (χ0n) is 21.8. The minimum absolute atomic E-state index is 0.0366. The van der Waals surface area contributed by atoms with E-state index in [-0.39, 0.29) is 42.3 Å². The van der Waals surface area contributed by atoms with Crippen molar-refractivity contribution in [3.8, 4) is 0 Å². The molecule has 1 saturated heterocycles.